The van der Waals surface area contributed by atoms with Gasteiger partial charge in [-0.05, 0) is 47.7 Å². The van der Waals surface area contributed by atoms with Gasteiger partial charge in [0.25, 0.3) is 0 Å². The highest BCUT2D eigenvalue weighted by molar-refractivity contribution is 5.79. The Morgan fingerprint density at radius 1 is 1.14 bits per heavy atom. The van der Waals surface area contributed by atoms with Crippen LogP contribution in [0, 0.1) is 0 Å². The van der Waals surface area contributed by atoms with Crippen LogP contribution in [0.3, 0.4) is 0 Å². The number of aromatic amines is 1. The molecule has 0 fully saturated rings. The van der Waals surface area contributed by atoms with Crippen molar-refractivity contribution >= 4 is 10.9 Å². The van der Waals surface area contributed by atoms with Gasteiger partial charge < -0.3 is 15.0 Å². The number of rotatable bonds is 6. The third-order valence-electron chi connectivity index (χ3n) is 3.54. The molecule has 0 radical (unpaired) electrons. The maximum Gasteiger partial charge on any atom is 0.212 e. The van der Waals surface area contributed by atoms with Crippen LogP contribution in [-0.2, 0) is 13.0 Å². The Kier molecular flexibility index (Phi) is 4.17. The van der Waals surface area contributed by atoms with E-state index in [-0.39, 0.29) is 0 Å². The van der Waals surface area contributed by atoms with E-state index in [9.17, 15) is 0 Å². The van der Waals surface area contributed by atoms with E-state index in [0.29, 0.717) is 5.88 Å². The summed E-state index contributed by atoms with van der Waals surface area (Å²) in [6.45, 7) is 1.77. The lowest BCUT2D eigenvalue weighted by Crippen LogP contribution is -2.16. The van der Waals surface area contributed by atoms with E-state index < -0.39 is 0 Å². The monoisotopic (exact) mass is 281 g/mol. The van der Waals surface area contributed by atoms with Gasteiger partial charge in [-0.25, -0.2) is 4.98 Å². The summed E-state index contributed by atoms with van der Waals surface area (Å²) in [6.07, 6.45) is 4.84. The van der Waals surface area contributed by atoms with Crippen LogP contribution in [0.2, 0.25) is 0 Å². The molecule has 0 saturated heterocycles. The molecule has 3 rings (SSSR count). The summed E-state index contributed by atoms with van der Waals surface area (Å²) in [4.78, 5) is 7.41. The standard InChI is InChI=1S/C17H19N3O/c1-21-17-5-3-14(12-20-17)11-18-8-6-13-2-4-16-15(10-13)7-9-19-16/h2-5,7,9-10,12,18-19H,6,8,11H2,1H3. The number of methoxy groups -OCH3 is 1. The van der Waals surface area contributed by atoms with E-state index in [4.69, 9.17) is 4.74 Å². The number of aromatic nitrogens is 2. The largest absolute Gasteiger partial charge is 0.481 e. The third kappa shape index (κ3) is 3.41. The number of ether oxygens (including phenoxy) is 1. The first-order valence-electron chi connectivity index (χ1n) is 7.11. The summed E-state index contributed by atoms with van der Waals surface area (Å²) < 4.78 is 5.05. The van der Waals surface area contributed by atoms with Crippen molar-refractivity contribution in [1.29, 1.82) is 0 Å². The first-order chi connectivity index (χ1) is 10.3. The van der Waals surface area contributed by atoms with Crippen LogP contribution >= 0.6 is 0 Å². The molecule has 0 amide bonds. The molecule has 0 atom stereocenters. The number of H-pyrrole nitrogens is 1. The number of nitrogens with one attached hydrogen (secondary N) is 2. The fourth-order valence-corrected chi connectivity index (χ4v) is 2.36. The molecular weight excluding hydrogens is 262 g/mol. The van der Waals surface area contributed by atoms with Crippen LogP contribution in [0.25, 0.3) is 10.9 Å². The molecule has 21 heavy (non-hydrogen) atoms. The van der Waals surface area contributed by atoms with Crippen molar-refractivity contribution in [2.75, 3.05) is 13.7 Å². The molecule has 3 aromatic rings. The Bertz CT molecular complexity index is 703. The fourth-order valence-electron chi connectivity index (χ4n) is 2.36. The van der Waals surface area contributed by atoms with Crippen molar-refractivity contribution in [2.45, 2.75) is 13.0 Å². The molecule has 1 aromatic carbocycles. The van der Waals surface area contributed by atoms with E-state index in [1.165, 1.54) is 16.5 Å². The highest BCUT2D eigenvalue weighted by Gasteiger charge is 1.99. The van der Waals surface area contributed by atoms with Crippen molar-refractivity contribution in [3.8, 4) is 5.88 Å². The van der Waals surface area contributed by atoms with Crippen LogP contribution in [0.15, 0.2) is 48.8 Å². The SMILES string of the molecule is COc1ccc(CNCCc2ccc3[nH]ccc3c2)cn1. The maximum atomic E-state index is 5.05. The van der Waals surface area contributed by atoms with Crippen molar-refractivity contribution in [3.05, 3.63) is 59.9 Å². The van der Waals surface area contributed by atoms with Crippen molar-refractivity contribution in [3.63, 3.8) is 0 Å². The second-order valence-corrected chi connectivity index (χ2v) is 5.03. The average Bonchev–Trinajstić information content (AvgIpc) is 3.00. The van der Waals surface area contributed by atoms with Gasteiger partial charge >= 0.3 is 0 Å². The summed E-state index contributed by atoms with van der Waals surface area (Å²) in [5, 5.41) is 4.71. The van der Waals surface area contributed by atoms with Gasteiger partial charge in [-0.15, -0.1) is 0 Å². The second kappa shape index (κ2) is 6.41. The molecule has 2 N–H and O–H groups in total. The molecule has 0 saturated carbocycles. The Morgan fingerprint density at radius 2 is 2.05 bits per heavy atom. The Morgan fingerprint density at radius 3 is 2.86 bits per heavy atom. The lowest BCUT2D eigenvalue weighted by Gasteiger charge is -2.06. The van der Waals surface area contributed by atoms with Crippen LogP contribution in [0.4, 0.5) is 0 Å². The topological polar surface area (TPSA) is 49.9 Å². The molecule has 0 aliphatic carbocycles. The molecule has 0 spiro atoms. The van der Waals surface area contributed by atoms with E-state index in [1.54, 1.807) is 7.11 Å². The minimum atomic E-state index is 0.651. The van der Waals surface area contributed by atoms with Gasteiger partial charge in [0.1, 0.15) is 0 Å². The number of pyridine rings is 1. The predicted octanol–water partition coefficient (Wildman–Crippen LogP) is 2.90. The molecule has 2 aromatic heterocycles. The van der Waals surface area contributed by atoms with Crippen LogP contribution < -0.4 is 10.1 Å². The summed E-state index contributed by atoms with van der Waals surface area (Å²) in [5.41, 5.74) is 3.70. The molecule has 0 bridgehead atoms. The minimum absolute atomic E-state index is 0.651. The summed E-state index contributed by atoms with van der Waals surface area (Å²) in [7, 11) is 1.63. The van der Waals surface area contributed by atoms with Crippen molar-refractivity contribution in [2.24, 2.45) is 0 Å². The smallest absolute Gasteiger partial charge is 0.212 e. The van der Waals surface area contributed by atoms with Crippen LogP contribution in [-0.4, -0.2) is 23.6 Å². The highest BCUT2D eigenvalue weighted by Crippen LogP contribution is 2.14. The van der Waals surface area contributed by atoms with E-state index in [1.807, 2.05) is 24.5 Å². The van der Waals surface area contributed by atoms with Gasteiger partial charge in [-0.3, -0.25) is 0 Å². The van der Waals surface area contributed by atoms with Crippen molar-refractivity contribution in [1.82, 2.24) is 15.3 Å². The molecule has 0 aliphatic rings. The lowest BCUT2D eigenvalue weighted by molar-refractivity contribution is 0.397. The van der Waals surface area contributed by atoms with E-state index in [2.05, 4.69) is 39.6 Å². The highest BCUT2D eigenvalue weighted by atomic mass is 16.5. The lowest BCUT2D eigenvalue weighted by atomic mass is 10.1. The molecule has 2 heterocycles. The Labute approximate surface area is 124 Å². The minimum Gasteiger partial charge on any atom is -0.481 e. The third-order valence-corrected chi connectivity index (χ3v) is 3.54. The number of hydrogen-bond acceptors (Lipinski definition) is 3. The summed E-state index contributed by atoms with van der Waals surface area (Å²) >= 11 is 0. The van der Waals surface area contributed by atoms with Gasteiger partial charge in [-0.1, -0.05) is 12.1 Å². The molecule has 0 aliphatic heterocycles. The molecule has 4 nitrogen and oxygen atoms in total. The van der Waals surface area contributed by atoms with Gasteiger partial charge in [-0.2, -0.15) is 0 Å². The van der Waals surface area contributed by atoms with E-state index in [0.717, 1.165) is 25.1 Å². The number of hydrogen-bond donors (Lipinski definition) is 2. The fraction of sp³-hybridized carbons (Fsp3) is 0.235. The molecule has 0 unspecified atom stereocenters. The zero-order chi connectivity index (χ0) is 14.5. The first kappa shape index (κ1) is 13.6. The van der Waals surface area contributed by atoms with Gasteiger partial charge in [0.15, 0.2) is 0 Å². The molecular formula is C17H19N3O. The van der Waals surface area contributed by atoms with Gasteiger partial charge in [0.05, 0.1) is 7.11 Å². The van der Waals surface area contributed by atoms with Crippen LogP contribution in [0.1, 0.15) is 11.1 Å². The van der Waals surface area contributed by atoms with Gasteiger partial charge in [0.2, 0.25) is 5.88 Å². The zero-order valence-electron chi connectivity index (χ0n) is 12.1. The Balaban J connectivity index is 1.48. The normalized spacial score (nSPS) is 10.9. The summed E-state index contributed by atoms with van der Waals surface area (Å²) in [6, 6.07) is 12.6. The van der Waals surface area contributed by atoms with E-state index >= 15 is 0 Å². The zero-order valence-corrected chi connectivity index (χ0v) is 12.1. The number of benzene rings is 1. The van der Waals surface area contributed by atoms with Gasteiger partial charge in [0, 0.05) is 30.5 Å². The quantitative estimate of drug-likeness (QED) is 0.683. The number of fused-ring (bicyclic) bond motifs is 1. The number of nitrogens with zero attached hydrogens (tertiary/aromatic N) is 1. The first-order valence-corrected chi connectivity index (χ1v) is 7.11. The second-order valence-electron chi connectivity index (χ2n) is 5.03. The predicted molar refractivity (Wildman–Crippen MR) is 84.5 cm³/mol. The van der Waals surface area contributed by atoms with Crippen LogP contribution in [0.5, 0.6) is 5.88 Å². The van der Waals surface area contributed by atoms with Crippen molar-refractivity contribution < 1.29 is 4.74 Å². The summed E-state index contributed by atoms with van der Waals surface area (Å²) in [5.74, 6) is 0.651. The molecule has 4 heteroatoms. The Hall–Kier alpha value is -2.33. The molecule has 108 valence electrons. The average molecular weight is 281 g/mol. The maximum absolute atomic E-state index is 5.05.